The summed E-state index contributed by atoms with van der Waals surface area (Å²) >= 11 is 0. The molecule has 1 unspecified atom stereocenters. The Labute approximate surface area is 169 Å². The average Bonchev–Trinajstić information content (AvgIpc) is 3.37. The second kappa shape index (κ2) is 8.70. The van der Waals surface area contributed by atoms with Crippen LogP contribution in [0.3, 0.4) is 0 Å². The third-order valence-corrected chi connectivity index (χ3v) is 5.90. The Hall–Kier alpha value is -2.45. The molecule has 0 spiro atoms. The predicted molar refractivity (Wildman–Crippen MR) is 119 cm³/mol. The van der Waals surface area contributed by atoms with E-state index in [9.17, 15) is 0 Å². The molecular weight excluding hydrogens is 340 g/mol. The van der Waals surface area contributed by atoms with Crippen LogP contribution in [0.1, 0.15) is 49.3 Å². The lowest BCUT2D eigenvalue weighted by molar-refractivity contribution is 0.272. The van der Waals surface area contributed by atoms with Crippen LogP contribution in [0.5, 0.6) is 0 Å². The van der Waals surface area contributed by atoms with Crippen molar-refractivity contribution < 1.29 is 0 Å². The van der Waals surface area contributed by atoms with Crippen molar-refractivity contribution in [1.82, 2.24) is 4.90 Å². The molecule has 1 saturated heterocycles. The SMILES string of the molecule is C=C(C)C1CCCN1Cc1cccc(CCC2=CCC(c3ccccc3)=N2)c1. The molecule has 0 aromatic heterocycles. The Morgan fingerprint density at radius 3 is 2.71 bits per heavy atom. The summed E-state index contributed by atoms with van der Waals surface area (Å²) in [6.45, 7) is 8.57. The molecule has 2 aliphatic rings. The highest BCUT2D eigenvalue weighted by molar-refractivity contribution is 6.03. The van der Waals surface area contributed by atoms with E-state index < -0.39 is 0 Å². The Morgan fingerprint density at radius 2 is 1.89 bits per heavy atom. The maximum atomic E-state index is 4.87. The molecule has 1 fully saturated rings. The highest BCUT2D eigenvalue weighted by atomic mass is 15.2. The number of allylic oxidation sites excluding steroid dienone is 2. The highest BCUT2D eigenvalue weighted by Crippen LogP contribution is 2.25. The number of hydrogen-bond acceptors (Lipinski definition) is 2. The Kier molecular flexibility index (Phi) is 5.87. The fourth-order valence-corrected chi connectivity index (χ4v) is 4.41. The smallest absolute Gasteiger partial charge is 0.0517 e. The number of aliphatic imine (C=N–C) groups is 1. The average molecular weight is 371 g/mol. The van der Waals surface area contributed by atoms with Crippen molar-refractivity contribution in [3.63, 3.8) is 0 Å². The van der Waals surface area contributed by atoms with Gasteiger partial charge in [-0.25, -0.2) is 0 Å². The fourth-order valence-electron chi connectivity index (χ4n) is 4.41. The van der Waals surface area contributed by atoms with E-state index >= 15 is 0 Å². The molecule has 0 N–H and O–H groups in total. The van der Waals surface area contributed by atoms with Gasteiger partial charge in [0.25, 0.3) is 0 Å². The Morgan fingerprint density at radius 1 is 1.07 bits per heavy atom. The predicted octanol–water partition coefficient (Wildman–Crippen LogP) is 5.94. The second-order valence-electron chi connectivity index (χ2n) is 8.12. The molecule has 2 aliphatic heterocycles. The number of rotatable bonds is 7. The summed E-state index contributed by atoms with van der Waals surface area (Å²) < 4.78 is 0. The zero-order valence-corrected chi connectivity index (χ0v) is 16.9. The summed E-state index contributed by atoms with van der Waals surface area (Å²) in [6.07, 6.45) is 7.84. The van der Waals surface area contributed by atoms with Crippen molar-refractivity contribution in [2.45, 2.75) is 51.6 Å². The van der Waals surface area contributed by atoms with Crippen molar-refractivity contribution in [3.8, 4) is 0 Å². The van der Waals surface area contributed by atoms with Crippen molar-refractivity contribution >= 4 is 5.71 Å². The number of benzene rings is 2. The summed E-state index contributed by atoms with van der Waals surface area (Å²) in [5, 5.41) is 0. The molecule has 0 radical (unpaired) electrons. The largest absolute Gasteiger partial charge is 0.292 e. The summed E-state index contributed by atoms with van der Waals surface area (Å²) in [6, 6.07) is 20.2. The maximum absolute atomic E-state index is 4.87. The zero-order chi connectivity index (χ0) is 19.3. The normalized spacial score (nSPS) is 19.5. The van der Waals surface area contributed by atoms with E-state index in [2.05, 4.69) is 79.1 Å². The monoisotopic (exact) mass is 370 g/mol. The number of aryl methyl sites for hydroxylation is 1. The topological polar surface area (TPSA) is 15.6 Å². The first-order chi connectivity index (χ1) is 13.7. The molecule has 0 amide bonds. The zero-order valence-electron chi connectivity index (χ0n) is 16.9. The van der Waals surface area contributed by atoms with Crippen molar-refractivity contribution in [1.29, 1.82) is 0 Å². The lowest BCUT2D eigenvalue weighted by Gasteiger charge is -2.25. The Balaban J connectivity index is 1.35. The van der Waals surface area contributed by atoms with E-state index in [0.717, 1.165) is 25.8 Å². The Bertz CT molecular complexity index is 892. The minimum Gasteiger partial charge on any atom is -0.292 e. The molecular formula is C26H30N2. The number of hydrogen-bond donors (Lipinski definition) is 0. The maximum Gasteiger partial charge on any atom is 0.0517 e. The lowest BCUT2D eigenvalue weighted by atomic mass is 10.0. The lowest BCUT2D eigenvalue weighted by Crippen LogP contribution is -2.29. The second-order valence-corrected chi connectivity index (χ2v) is 8.12. The summed E-state index contributed by atoms with van der Waals surface area (Å²) in [7, 11) is 0. The van der Waals surface area contributed by atoms with Gasteiger partial charge in [0, 0.05) is 24.7 Å². The van der Waals surface area contributed by atoms with E-state index in [4.69, 9.17) is 4.99 Å². The van der Waals surface area contributed by atoms with Gasteiger partial charge in [-0.3, -0.25) is 9.89 Å². The number of likely N-dealkylation sites (tertiary alicyclic amines) is 1. The summed E-state index contributed by atoms with van der Waals surface area (Å²) in [5.74, 6) is 0. The minimum absolute atomic E-state index is 0.554. The van der Waals surface area contributed by atoms with E-state index in [1.165, 1.54) is 53.1 Å². The molecule has 2 nitrogen and oxygen atoms in total. The standard InChI is InChI=1S/C26H30N2/c1-20(2)26-12-7-17-28(26)19-22-9-6-8-21(18-22)13-14-24-15-16-25(27-24)23-10-4-3-5-11-23/h3-6,8-11,15,18,26H,1,7,12-14,16-17,19H2,2H3. The molecule has 0 bridgehead atoms. The molecule has 2 heterocycles. The van der Waals surface area contributed by atoms with E-state index in [0.29, 0.717) is 6.04 Å². The van der Waals surface area contributed by atoms with Crippen molar-refractivity contribution in [2.24, 2.45) is 4.99 Å². The quantitative estimate of drug-likeness (QED) is 0.551. The van der Waals surface area contributed by atoms with Gasteiger partial charge in [0.2, 0.25) is 0 Å². The van der Waals surface area contributed by atoms with Gasteiger partial charge in [-0.15, -0.1) is 0 Å². The van der Waals surface area contributed by atoms with Gasteiger partial charge in [-0.05, 0) is 55.8 Å². The van der Waals surface area contributed by atoms with Crippen LogP contribution in [0.25, 0.3) is 0 Å². The molecule has 0 saturated carbocycles. The third-order valence-electron chi connectivity index (χ3n) is 5.90. The van der Waals surface area contributed by atoms with Gasteiger partial charge in [0.1, 0.15) is 0 Å². The third kappa shape index (κ3) is 4.51. The molecule has 144 valence electrons. The van der Waals surface area contributed by atoms with E-state index in [1.807, 2.05) is 0 Å². The van der Waals surface area contributed by atoms with Gasteiger partial charge >= 0.3 is 0 Å². The van der Waals surface area contributed by atoms with Gasteiger partial charge < -0.3 is 0 Å². The van der Waals surface area contributed by atoms with Crippen molar-refractivity contribution in [3.05, 3.63) is 95.2 Å². The van der Waals surface area contributed by atoms with Gasteiger partial charge in [0.05, 0.1) is 5.71 Å². The van der Waals surface area contributed by atoms with Crippen LogP contribution in [0.15, 0.2) is 83.5 Å². The first kappa shape index (κ1) is 18.9. The van der Waals surface area contributed by atoms with Gasteiger partial charge in [-0.1, -0.05) is 72.8 Å². The van der Waals surface area contributed by atoms with Crippen LogP contribution in [-0.4, -0.2) is 23.2 Å². The molecule has 2 aromatic carbocycles. The van der Waals surface area contributed by atoms with E-state index in [-0.39, 0.29) is 0 Å². The van der Waals surface area contributed by atoms with Crippen LogP contribution in [-0.2, 0) is 13.0 Å². The van der Waals surface area contributed by atoms with Crippen LogP contribution < -0.4 is 0 Å². The molecule has 0 aliphatic carbocycles. The molecule has 2 aromatic rings. The first-order valence-corrected chi connectivity index (χ1v) is 10.5. The minimum atomic E-state index is 0.554. The van der Waals surface area contributed by atoms with Gasteiger partial charge in [-0.2, -0.15) is 0 Å². The highest BCUT2D eigenvalue weighted by Gasteiger charge is 2.24. The molecule has 4 rings (SSSR count). The van der Waals surface area contributed by atoms with Crippen LogP contribution in [0.2, 0.25) is 0 Å². The molecule has 28 heavy (non-hydrogen) atoms. The van der Waals surface area contributed by atoms with Crippen LogP contribution in [0, 0.1) is 0 Å². The van der Waals surface area contributed by atoms with Crippen LogP contribution >= 0.6 is 0 Å². The van der Waals surface area contributed by atoms with Crippen molar-refractivity contribution in [2.75, 3.05) is 6.54 Å². The molecule has 1 atom stereocenters. The fraction of sp³-hybridized carbons (Fsp3) is 0.346. The first-order valence-electron chi connectivity index (χ1n) is 10.5. The summed E-state index contributed by atoms with van der Waals surface area (Å²) in [5.41, 5.74) is 7.80. The molecule has 2 heteroatoms. The number of nitrogens with zero attached hydrogens (tertiary/aromatic N) is 2. The summed E-state index contributed by atoms with van der Waals surface area (Å²) in [4.78, 5) is 7.45. The van der Waals surface area contributed by atoms with Crippen LogP contribution in [0.4, 0.5) is 0 Å². The van der Waals surface area contributed by atoms with Gasteiger partial charge in [0.15, 0.2) is 0 Å². The van der Waals surface area contributed by atoms with E-state index in [1.54, 1.807) is 0 Å².